The lowest BCUT2D eigenvalue weighted by Crippen LogP contribution is -2.56. The third-order valence-corrected chi connectivity index (χ3v) is 3.91. The maximum Gasteiger partial charge on any atom is 0.339 e. The van der Waals surface area contributed by atoms with Crippen molar-refractivity contribution in [2.75, 3.05) is 7.11 Å². The minimum Gasteiger partial charge on any atom is -0.466 e. The topological polar surface area (TPSA) is 95.9 Å². The number of Topliss-reactive ketones (excluding diaryl/α,β-unsaturated/α-hetero) is 1. The second kappa shape index (κ2) is 3.68. The van der Waals surface area contributed by atoms with Crippen molar-refractivity contribution in [2.24, 2.45) is 0 Å². The van der Waals surface area contributed by atoms with Gasteiger partial charge in [0.2, 0.25) is 17.1 Å². The number of esters is 1. The van der Waals surface area contributed by atoms with Gasteiger partial charge in [-0.25, -0.2) is 4.79 Å². The number of nitrogens with one attached hydrogen (secondary N) is 1. The number of hydrogen-bond acceptors (Lipinski definition) is 6. The fraction of sp³-hybridized carbons (Fsp3) is 0.286. The highest BCUT2D eigenvalue weighted by molar-refractivity contribution is 6.16. The number of carbonyl (C=O) groups is 2. The molecule has 0 amide bonds. The predicted molar refractivity (Wildman–Crippen MR) is 67.5 cm³/mol. The molecule has 3 N–H and O–H groups in total. The first-order chi connectivity index (χ1) is 9.38. The minimum atomic E-state index is -2.37. The van der Waals surface area contributed by atoms with Crippen LogP contribution in [-0.2, 0) is 15.3 Å². The van der Waals surface area contributed by atoms with Crippen molar-refractivity contribution in [1.29, 1.82) is 0 Å². The molecule has 0 radical (unpaired) electrons. The van der Waals surface area contributed by atoms with Crippen LogP contribution in [0.4, 0.5) is 0 Å². The normalized spacial score (nSPS) is 30.9. The molecule has 0 saturated heterocycles. The quantitative estimate of drug-likeness (QED) is 0.615. The molecule has 1 heterocycles. The summed E-state index contributed by atoms with van der Waals surface area (Å²) in [6.07, 6.45) is 0. The van der Waals surface area contributed by atoms with Crippen molar-refractivity contribution in [3.8, 4) is 0 Å². The molecule has 0 unspecified atom stereocenters. The molecule has 6 nitrogen and oxygen atoms in total. The summed E-state index contributed by atoms with van der Waals surface area (Å²) in [5.74, 6) is -1.57. The zero-order chi connectivity index (χ0) is 14.7. The van der Waals surface area contributed by atoms with E-state index in [2.05, 4.69) is 10.1 Å². The lowest BCUT2D eigenvalue weighted by Gasteiger charge is -2.31. The van der Waals surface area contributed by atoms with Crippen LogP contribution in [0, 0.1) is 0 Å². The Morgan fingerprint density at radius 3 is 2.60 bits per heavy atom. The number of carbonyl (C=O) groups excluding carboxylic acids is 2. The molecule has 3 rings (SSSR count). The minimum absolute atomic E-state index is 0.180. The summed E-state index contributed by atoms with van der Waals surface area (Å²) in [5.41, 5.74) is -4.04. The lowest BCUT2D eigenvalue weighted by atomic mass is 9.85. The molecule has 0 aromatic heterocycles. The van der Waals surface area contributed by atoms with E-state index in [9.17, 15) is 19.8 Å². The fourth-order valence-electron chi connectivity index (χ4n) is 3.01. The molecular weight excluding hydrogens is 262 g/mol. The predicted octanol–water partition coefficient (Wildman–Crippen LogP) is -0.191. The summed E-state index contributed by atoms with van der Waals surface area (Å²) in [6, 6.07) is 6.30. The van der Waals surface area contributed by atoms with E-state index >= 15 is 0 Å². The van der Waals surface area contributed by atoms with E-state index in [0.717, 1.165) is 7.11 Å². The Labute approximate surface area is 114 Å². The highest BCUT2D eigenvalue weighted by Crippen LogP contribution is 2.51. The molecule has 1 aliphatic carbocycles. The smallest absolute Gasteiger partial charge is 0.339 e. The maximum atomic E-state index is 12.5. The Morgan fingerprint density at radius 1 is 1.30 bits per heavy atom. The summed E-state index contributed by atoms with van der Waals surface area (Å²) >= 11 is 0. The lowest BCUT2D eigenvalue weighted by molar-refractivity contribution is -0.144. The first-order valence-electron chi connectivity index (χ1n) is 6.05. The van der Waals surface area contributed by atoms with Crippen molar-refractivity contribution in [1.82, 2.24) is 5.32 Å². The van der Waals surface area contributed by atoms with Crippen LogP contribution in [0.15, 0.2) is 35.5 Å². The summed E-state index contributed by atoms with van der Waals surface area (Å²) in [5, 5.41) is 24.2. The van der Waals surface area contributed by atoms with Crippen LogP contribution in [0.1, 0.15) is 22.8 Å². The summed E-state index contributed by atoms with van der Waals surface area (Å²) in [4.78, 5) is 24.4. The Bertz CT molecular complexity index is 680. The molecular formula is C14H13NO5. The van der Waals surface area contributed by atoms with Gasteiger partial charge in [0.15, 0.2) is 0 Å². The van der Waals surface area contributed by atoms with Gasteiger partial charge in [0, 0.05) is 16.8 Å². The van der Waals surface area contributed by atoms with Gasteiger partial charge in [-0.2, -0.15) is 0 Å². The summed E-state index contributed by atoms with van der Waals surface area (Å²) in [6.45, 7) is 1.50. The van der Waals surface area contributed by atoms with Crippen molar-refractivity contribution in [3.63, 3.8) is 0 Å². The SMILES string of the molecule is COC(=O)C1=C(C)N[C@]2(O)c3ccccc3C(=O)[C@]12O. The van der Waals surface area contributed by atoms with Gasteiger partial charge in [-0.05, 0) is 6.92 Å². The molecule has 0 bridgehead atoms. The number of methoxy groups -OCH3 is 1. The van der Waals surface area contributed by atoms with Gasteiger partial charge in [-0.15, -0.1) is 0 Å². The number of allylic oxidation sites excluding steroid dienone is 1. The monoisotopic (exact) mass is 275 g/mol. The zero-order valence-electron chi connectivity index (χ0n) is 10.9. The van der Waals surface area contributed by atoms with E-state index in [1.165, 1.54) is 19.1 Å². The van der Waals surface area contributed by atoms with E-state index in [1.54, 1.807) is 12.1 Å². The van der Waals surface area contributed by atoms with E-state index in [0.29, 0.717) is 0 Å². The number of ketones is 1. The molecule has 2 atom stereocenters. The number of aliphatic hydroxyl groups is 2. The summed E-state index contributed by atoms with van der Waals surface area (Å²) < 4.78 is 4.61. The van der Waals surface area contributed by atoms with Gasteiger partial charge < -0.3 is 20.3 Å². The maximum absolute atomic E-state index is 12.5. The highest BCUT2D eigenvalue weighted by atomic mass is 16.5. The largest absolute Gasteiger partial charge is 0.466 e. The second-order valence-electron chi connectivity index (χ2n) is 4.91. The number of fused-ring (bicyclic) bond motifs is 3. The average molecular weight is 275 g/mol. The van der Waals surface area contributed by atoms with Crippen LogP contribution in [0.25, 0.3) is 0 Å². The molecule has 0 fully saturated rings. The molecule has 6 heteroatoms. The van der Waals surface area contributed by atoms with Crippen LogP contribution < -0.4 is 5.32 Å². The van der Waals surface area contributed by atoms with Gasteiger partial charge in [-0.1, -0.05) is 24.3 Å². The van der Waals surface area contributed by atoms with Gasteiger partial charge >= 0.3 is 5.97 Å². The molecule has 0 spiro atoms. The van der Waals surface area contributed by atoms with Crippen molar-refractivity contribution in [3.05, 3.63) is 46.7 Å². The zero-order valence-corrected chi connectivity index (χ0v) is 10.9. The van der Waals surface area contributed by atoms with E-state index < -0.39 is 23.1 Å². The highest BCUT2D eigenvalue weighted by Gasteiger charge is 2.70. The van der Waals surface area contributed by atoms with Crippen LogP contribution in [-0.4, -0.2) is 34.7 Å². The van der Waals surface area contributed by atoms with Crippen LogP contribution in [0.3, 0.4) is 0 Å². The number of hydrogen-bond donors (Lipinski definition) is 3. The molecule has 104 valence electrons. The van der Waals surface area contributed by atoms with E-state index in [-0.39, 0.29) is 22.4 Å². The number of rotatable bonds is 1. The van der Waals surface area contributed by atoms with Crippen LogP contribution in [0.2, 0.25) is 0 Å². The van der Waals surface area contributed by atoms with Crippen molar-refractivity contribution < 1.29 is 24.5 Å². The average Bonchev–Trinajstić information content (AvgIpc) is 2.74. The van der Waals surface area contributed by atoms with Crippen LogP contribution in [0.5, 0.6) is 0 Å². The number of ether oxygens (including phenoxy) is 1. The molecule has 2 aliphatic rings. The third kappa shape index (κ3) is 1.16. The summed E-state index contributed by atoms with van der Waals surface area (Å²) in [7, 11) is 1.15. The fourth-order valence-corrected chi connectivity index (χ4v) is 3.01. The first kappa shape index (κ1) is 12.8. The Balaban J connectivity index is 2.28. The van der Waals surface area contributed by atoms with Gasteiger partial charge in [0.25, 0.3) is 0 Å². The molecule has 0 saturated carbocycles. The second-order valence-corrected chi connectivity index (χ2v) is 4.91. The first-order valence-corrected chi connectivity index (χ1v) is 6.05. The Hall–Kier alpha value is -2.18. The van der Waals surface area contributed by atoms with E-state index in [1.807, 2.05) is 0 Å². The van der Waals surface area contributed by atoms with Crippen LogP contribution >= 0.6 is 0 Å². The standard InChI is InChI=1S/C14H13NO5/c1-7-10(12(17)20-2)13(18)11(16)8-5-3-4-6-9(8)14(13,19)15-7/h3-6,15,18-19H,1-2H3/t13-,14+/m1/s1. The van der Waals surface area contributed by atoms with Gasteiger partial charge in [0.05, 0.1) is 7.11 Å². The van der Waals surface area contributed by atoms with Crippen molar-refractivity contribution in [2.45, 2.75) is 18.2 Å². The van der Waals surface area contributed by atoms with E-state index in [4.69, 9.17) is 0 Å². The molecule has 20 heavy (non-hydrogen) atoms. The molecule has 1 aromatic carbocycles. The number of benzene rings is 1. The van der Waals surface area contributed by atoms with Gasteiger partial charge in [0.1, 0.15) is 5.57 Å². The molecule has 1 aliphatic heterocycles. The van der Waals surface area contributed by atoms with Gasteiger partial charge in [-0.3, -0.25) is 4.79 Å². The Morgan fingerprint density at radius 2 is 1.95 bits per heavy atom. The third-order valence-electron chi connectivity index (χ3n) is 3.91. The Kier molecular flexibility index (Phi) is 2.36. The van der Waals surface area contributed by atoms with Crippen molar-refractivity contribution >= 4 is 11.8 Å². The molecule has 1 aromatic rings.